The number of carbonyl (C=O) groups is 1. The first-order valence-corrected chi connectivity index (χ1v) is 6.27. The second-order valence-corrected chi connectivity index (χ2v) is 4.55. The summed E-state index contributed by atoms with van der Waals surface area (Å²) in [5.74, 6) is 1.24. The Labute approximate surface area is 111 Å². The van der Waals surface area contributed by atoms with Crippen molar-refractivity contribution in [2.45, 2.75) is 13.0 Å². The van der Waals surface area contributed by atoms with Crippen LogP contribution < -0.4 is 4.74 Å². The largest absolute Gasteiger partial charge is 0.496 e. The van der Waals surface area contributed by atoms with Crippen molar-refractivity contribution in [3.8, 4) is 5.75 Å². The van der Waals surface area contributed by atoms with Gasteiger partial charge in [0.15, 0.2) is 5.76 Å². The van der Waals surface area contributed by atoms with Crippen LogP contribution in [0.3, 0.4) is 0 Å². The summed E-state index contributed by atoms with van der Waals surface area (Å²) in [6.45, 7) is 1.29. The quantitative estimate of drug-likeness (QED) is 0.830. The average Bonchev–Trinajstić information content (AvgIpc) is 2.99. The second kappa shape index (κ2) is 4.80. The van der Waals surface area contributed by atoms with Gasteiger partial charge in [-0.05, 0) is 30.2 Å². The van der Waals surface area contributed by atoms with Crippen molar-refractivity contribution in [3.05, 3.63) is 53.5 Å². The summed E-state index contributed by atoms with van der Waals surface area (Å²) in [7, 11) is 1.68. The van der Waals surface area contributed by atoms with Gasteiger partial charge >= 0.3 is 0 Å². The first kappa shape index (κ1) is 11.8. The summed E-state index contributed by atoms with van der Waals surface area (Å²) in [5.41, 5.74) is 2.35. The Hall–Kier alpha value is -2.23. The van der Waals surface area contributed by atoms with E-state index in [1.165, 1.54) is 11.8 Å². The third kappa shape index (κ3) is 2.10. The minimum atomic E-state index is -0.0570. The van der Waals surface area contributed by atoms with Gasteiger partial charge in [-0.2, -0.15) is 0 Å². The Morgan fingerprint density at radius 2 is 2.21 bits per heavy atom. The van der Waals surface area contributed by atoms with Gasteiger partial charge in [0.2, 0.25) is 0 Å². The van der Waals surface area contributed by atoms with Crippen LogP contribution in [0.4, 0.5) is 0 Å². The van der Waals surface area contributed by atoms with E-state index in [0.717, 1.165) is 17.7 Å². The molecule has 1 aromatic heterocycles. The van der Waals surface area contributed by atoms with E-state index in [1.54, 1.807) is 24.1 Å². The van der Waals surface area contributed by atoms with Crippen molar-refractivity contribution in [1.82, 2.24) is 4.90 Å². The van der Waals surface area contributed by atoms with Crippen LogP contribution in [-0.2, 0) is 13.0 Å². The number of ether oxygens (including phenoxy) is 1. The number of benzene rings is 1. The maximum atomic E-state index is 12.2. The van der Waals surface area contributed by atoms with Crippen molar-refractivity contribution in [2.24, 2.45) is 0 Å². The lowest BCUT2D eigenvalue weighted by Gasteiger charge is -2.29. The number of hydrogen-bond acceptors (Lipinski definition) is 3. The first-order chi connectivity index (χ1) is 9.29. The molecule has 19 heavy (non-hydrogen) atoms. The number of rotatable bonds is 2. The summed E-state index contributed by atoms with van der Waals surface area (Å²) in [5, 5.41) is 0. The Bertz CT molecular complexity index is 589. The van der Waals surface area contributed by atoms with Gasteiger partial charge < -0.3 is 14.1 Å². The van der Waals surface area contributed by atoms with E-state index in [0.29, 0.717) is 18.8 Å². The Balaban J connectivity index is 1.85. The maximum absolute atomic E-state index is 12.2. The van der Waals surface area contributed by atoms with E-state index in [-0.39, 0.29) is 5.91 Å². The van der Waals surface area contributed by atoms with E-state index in [9.17, 15) is 4.79 Å². The minimum Gasteiger partial charge on any atom is -0.496 e. The Kier molecular flexibility index (Phi) is 2.99. The van der Waals surface area contributed by atoms with Gasteiger partial charge in [-0.25, -0.2) is 0 Å². The second-order valence-electron chi connectivity index (χ2n) is 4.55. The van der Waals surface area contributed by atoms with E-state index in [2.05, 4.69) is 0 Å². The Morgan fingerprint density at radius 1 is 1.32 bits per heavy atom. The normalized spacial score (nSPS) is 14.1. The summed E-state index contributed by atoms with van der Waals surface area (Å²) in [4.78, 5) is 14.0. The molecule has 0 saturated heterocycles. The molecule has 0 aliphatic carbocycles. The fourth-order valence-corrected chi connectivity index (χ4v) is 2.50. The van der Waals surface area contributed by atoms with Crippen LogP contribution >= 0.6 is 0 Å². The van der Waals surface area contributed by atoms with Crippen molar-refractivity contribution in [3.63, 3.8) is 0 Å². The van der Waals surface area contributed by atoms with Crippen LogP contribution in [0.2, 0.25) is 0 Å². The molecule has 0 radical (unpaired) electrons. The van der Waals surface area contributed by atoms with Crippen LogP contribution in [-0.4, -0.2) is 24.5 Å². The van der Waals surface area contributed by atoms with Gasteiger partial charge in [-0.1, -0.05) is 12.1 Å². The highest BCUT2D eigenvalue weighted by Gasteiger charge is 2.24. The number of amides is 1. The highest BCUT2D eigenvalue weighted by molar-refractivity contribution is 5.91. The SMILES string of the molecule is COc1cccc2c1CCN(C(=O)c1ccco1)C2. The molecule has 0 N–H and O–H groups in total. The van der Waals surface area contributed by atoms with Crippen LogP contribution in [0, 0.1) is 0 Å². The van der Waals surface area contributed by atoms with Gasteiger partial charge in [0.25, 0.3) is 5.91 Å². The zero-order valence-corrected chi connectivity index (χ0v) is 10.8. The molecule has 1 aromatic carbocycles. The molecule has 0 saturated carbocycles. The zero-order chi connectivity index (χ0) is 13.2. The molecule has 2 aromatic rings. The van der Waals surface area contributed by atoms with Gasteiger partial charge in [-0.15, -0.1) is 0 Å². The third-order valence-corrected chi connectivity index (χ3v) is 3.46. The molecule has 4 heteroatoms. The molecule has 0 atom stereocenters. The predicted molar refractivity (Wildman–Crippen MR) is 70.1 cm³/mol. The summed E-state index contributed by atoms with van der Waals surface area (Å²) >= 11 is 0. The maximum Gasteiger partial charge on any atom is 0.289 e. The zero-order valence-electron chi connectivity index (χ0n) is 10.8. The van der Waals surface area contributed by atoms with E-state index in [1.807, 2.05) is 18.2 Å². The molecule has 4 nitrogen and oxygen atoms in total. The lowest BCUT2D eigenvalue weighted by molar-refractivity contribution is 0.0701. The topological polar surface area (TPSA) is 42.7 Å². The molecule has 0 unspecified atom stereocenters. The van der Waals surface area contributed by atoms with Gasteiger partial charge in [0.05, 0.1) is 13.4 Å². The van der Waals surface area contributed by atoms with Crippen molar-refractivity contribution in [1.29, 1.82) is 0 Å². The first-order valence-electron chi connectivity index (χ1n) is 6.27. The van der Waals surface area contributed by atoms with Gasteiger partial charge in [0, 0.05) is 18.7 Å². The molecule has 1 amide bonds. The van der Waals surface area contributed by atoms with Gasteiger partial charge in [0.1, 0.15) is 5.75 Å². The molecular weight excluding hydrogens is 242 g/mol. The van der Waals surface area contributed by atoms with E-state index in [4.69, 9.17) is 9.15 Å². The number of fused-ring (bicyclic) bond motifs is 1. The third-order valence-electron chi connectivity index (χ3n) is 3.46. The molecule has 98 valence electrons. The summed E-state index contributed by atoms with van der Waals surface area (Å²) in [6.07, 6.45) is 2.33. The van der Waals surface area contributed by atoms with Crippen LogP contribution in [0.5, 0.6) is 5.75 Å². The van der Waals surface area contributed by atoms with Crippen molar-refractivity contribution < 1.29 is 13.9 Å². The fourth-order valence-electron chi connectivity index (χ4n) is 2.50. The van der Waals surface area contributed by atoms with Crippen LogP contribution in [0.15, 0.2) is 41.0 Å². The molecule has 0 spiro atoms. The number of furan rings is 1. The minimum absolute atomic E-state index is 0.0570. The number of nitrogens with zero attached hydrogens (tertiary/aromatic N) is 1. The fraction of sp³-hybridized carbons (Fsp3) is 0.267. The lowest BCUT2D eigenvalue weighted by atomic mass is 9.98. The van der Waals surface area contributed by atoms with Crippen molar-refractivity contribution >= 4 is 5.91 Å². The molecular formula is C15H15NO3. The monoisotopic (exact) mass is 257 g/mol. The number of methoxy groups -OCH3 is 1. The van der Waals surface area contributed by atoms with E-state index < -0.39 is 0 Å². The summed E-state index contributed by atoms with van der Waals surface area (Å²) in [6, 6.07) is 9.39. The van der Waals surface area contributed by atoms with Crippen molar-refractivity contribution in [2.75, 3.05) is 13.7 Å². The van der Waals surface area contributed by atoms with Crippen LogP contribution in [0.25, 0.3) is 0 Å². The standard InChI is InChI=1S/C15H15NO3/c1-18-13-5-2-4-11-10-16(8-7-12(11)13)15(17)14-6-3-9-19-14/h2-6,9H,7-8,10H2,1H3. The predicted octanol–water partition coefficient (Wildman–Crippen LogP) is 2.49. The van der Waals surface area contributed by atoms with E-state index >= 15 is 0 Å². The molecule has 3 rings (SSSR count). The highest BCUT2D eigenvalue weighted by Crippen LogP contribution is 2.28. The number of carbonyl (C=O) groups excluding carboxylic acids is 1. The number of hydrogen-bond donors (Lipinski definition) is 0. The molecule has 1 aliphatic rings. The molecule has 0 fully saturated rings. The highest BCUT2D eigenvalue weighted by atomic mass is 16.5. The molecule has 2 heterocycles. The Morgan fingerprint density at radius 3 is 2.95 bits per heavy atom. The molecule has 1 aliphatic heterocycles. The smallest absolute Gasteiger partial charge is 0.289 e. The van der Waals surface area contributed by atoms with Gasteiger partial charge in [-0.3, -0.25) is 4.79 Å². The van der Waals surface area contributed by atoms with Crippen LogP contribution in [0.1, 0.15) is 21.7 Å². The molecule has 0 bridgehead atoms. The summed E-state index contributed by atoms with van der Waals surface area (Å²) < 4.78 is 10.5. The lowest BCUT2D eigenvalue weighted by Crippen LogP contribution is -2.35. The average molecular weight is 257 g/mol.